The summed E-state index contributed by atoms with van der Waals surface area (Å²) < 4.78 is 31.3. The zero-order chi connectivity index (χ0) is 27.8. The molecule has 0 heterocycles. The third kappa shape index (κ3) is 8.79. The van der Waals surface area contributed by atoms with Crippen molar-refractivity contribution >= 4 is 50.7 Å². The van der Waals surface area contributed by atoms with Crippen LogP contribution in [0.5, 0.6) is 5.75 Å². The number of hydrogen-bond acceptors (Lipinski definition) is 5. The predicted molar refractivity (Wildman–Crippen MR) is 149 cm³/mol. The Morgan fingerprint density at radius 2 is 1.76 bits per heavy atom. The quantitative estimate of drug-likeness (QED) is 0.369. The second kappa shape index (κ2) is 13.9. The van der Waals surface area contributed by atoms with Gasteiger partial charge < -0.3 is 15.0 Å². The van der Waals surface area contributed by atoms with Gasteiger partial charge in [0.2, 0.25) is 21.8 Å². The van der Waals surface area contributed by atoms with Crippen molar-refractivity contribution in [2.45, 2.75) is 58.7 Å². The largest absolute Gasteiger partial charge is 0.495 e. The Hall–Kier alpha value is -2.49. The van der Waals surface area contributed by atoms with Crippen LogP contribution in [0.2, 0.25) is 10.0 Å². The van der Waals surface area contributed by atoms with E-state index in [2.05, 4.69) is 5.32 Å². The maximum Gasteiger partial charge on any atom is 0.242 e. The van der Waals surface area contributed by atoms with E-state index in [9.17, 15) is 18.0 Å². The Bertz CT molecular complexity index is 1190. The lowest BCUT2D eigenvalue weighted by Gasteiger charge is -2.30. The molecule has 2 aromatic rings. The number of nitrogens with one attached hydrogen (secondary N) is 1. The van der Waals surface area contributed by atoms with Gasteiger partial charge in [-0.3, -0.25) is 13.9 Å². The van der Waals surface area contributed by atoms with Crippen LogP contribution in [-0.2, 0) is 26.2 Å². The lowest BCUT2D eigenvalue weighted by Crippen LogP contribution is -2.49. The second-order valence-electron chi connectivity index (χ2n) is 8.86. The molecule has 0 unspecified atom stereocenters. The average Bonchev–Trinajstić information content (AvgIpc) is 2.84. The number of sulfonamides is 1. The predicted octanol–water partition coefficient (Wildman–Crippen LogP) is 4.88. The van der Waals surface area contributed by atoms with Gasteiger partial charge in [-0.25, -0.2) is 8.42 Å². The molecule has 0 saturated carbocycles. The number of anilines is 1. The van der Waals surface area contributed by atoms with Crippen LogP contribution in [0.15, 0.2) is 42.5 Å². The third-order valence-corrected chi connectivity index (χ3v) is 7.90. The number of ether oxygens (including phenoxy) is 1. The first-order chi connectivity index (χ1) is 17.4. The maximum absolute atomic E-state index is 13.4. The maximum atomic E-state index is 13.4. The Morgan fingerprint density at radius 1 is 1.08 bits per heavy atom. The Balaban J connectivity index is 2.21. The van der Waals surface area contributed by atoms with Gasteiger partial charge in [0, 0.05) is 30.6 Å². The van der Waals surface area contributed by atoms with Gasteiger partial charge in [0.05, 0.1) is 24.1 Å². The van der Waals surface area contributed by atoms with Crippen LogP contribution in [0, 0.1) is 0 Å². The highest BCUT2D eigenvalue weighted by atomic mass is 35.5. The van der Waals surface area contributed by atoms with Crippen LogP contribution >= 0.6 is 23.2 Å². The monoisotopic (exact) mass is 571 g/mol. The molecular weight excluding hydrogens is 537 g/mol. The summed E-state index contributed by atoms with van der Waals surface area (Å²) in [6, 6.07) is 11.1. The van der Waals surface area contributed by atoms with Crippen LogP contribution in [0.25, 0.3) is 0 Å². The van der Waals surface area contributed by atoms with Crippen molar-refractivity contribution in [1.82, 2.24) is 10.2 Å². The summed E-state index contributed by atoms with van der Waals surface area (Å²) in [6.07, 6.45) is 2.11. The Morgan fingerprint density at radius 3 is 2.32 bits per heavy atom. The van der Waals surface area contributed by atoms with Crippen LogP contribution in [0.4, 0.5) is 5.69 Å². The number of halogens is 2. The molecule has 204 valence electrons. The molecule has 2 aromatic carbocycles. The van der Waals surface area contributed by atoms with Crippen molar-refractivity contribution in [3.8, 4) is 5.75 Å². The molecule has 11 heteroatoms. The average molecular weight is 573 g/mol. The zero-order valence-corrected chi connectivity index (χ0v) is 24.2. The van der Waals surface area contributed by atoms with Crippen molar-refractivity contribution in [3.63, 3.8) is 0 Å². The minimum absolute atomic E-state index is 0.0291. The van der Waals surface area contributed by atoms with E-state index in [-0.39, 0.29) is 48.8 Å². The second-order valence-corrected chi connectivity index (χ2v) is 11.6. The molecule has 0 aliphatic heterocycles. The van der Waals surface area contributed by atoms with Crippen molar-refractivity contribution in [3.05, 3.63) is 58.1 Å². The number of amides is 2. The molecule has 2 rings (SSSR count). The molecule has 8 nitrogen and oxygen atoms in total. The first-order valence-electron chi connectivity index (χ1n) is 12.0. The van der Waals surface area contributed by atoms with Gasteiger partial charge in [0.25, 0.3) is 0 Å². The van der Waals surface area contributed by atoms with Crippen LogP contribution < -0.4 is 14.4 Å². The molecule has 0 aromatic heterocycles. The lowest BCUT2D eigenvalue weighted by atomic mass is 10.1. The van der Waals surface area contributed by atoms with E-state index >= 15 is 0 Å². The summed E-state index contributed by atoms with van der Waals surface area (Å²) in [5.74, 6) is -0.123. The minimum Gasteiger partial charge on any atom is -0.495 e. The van der Waals surface area contributed by atoms with Gasteiger partial charge in [-0.1, -0.05) is 48.3 Å². The van der Waals surface area contributed by atoms with E-state index < -0.39 is 16.1 Å². The van der Waals surface area contributed by atoms with E-state index in [1.165, 1.54) is 22.4 Å². The molecule has 0 radical (unpaired) electrons. The van der Waals surface area contributed by atoms with Crippen molar-refractivity contribution in [2.75, 3.05) is 24.2 Å². The van der Waals surface area contributed by atoms with Gasteiger partial charge in [-0.05, 0) is 56.5 Å². The van der Waals surface area contributed by atoms with E-state index in [4.69, 9.17) is 27.9 Å². The molecule has 2 atom stereocenters. The molecule has 0 aliphatic carbocycles. The summed E-state index contributed by atoms with van der Waals surface area (Å²) in [5, 5.41) is 3.69. The first-order valence-corrected chi connectivity index (χ1v) is 14.6. The van der Waals surface area contributed by atoms with E-state index in [0.29, 0.717) is 22.0 Å². The summed E-state index contributed by atoms with van der Waals surface area (Å²) in [7, 11) is -2.17. The number of nitrogens with zero attached hydrogens (tertiary/aromatic N) is 2. The molecule has 2 amide bonds. The summed E-state index contributed by atoms with van der Waals surface area (Å²) in [6.45, 7) is 5.74. The number of hydrogen-bond donors (Lipinski definition) is 1. The Kier molecular flexibility index (Phi) is 11.5. The number of rotatable bonds is 13. The molecule has 0 fully saturated rings. The normalized spacial score (nSPS) is 12.9. The fourth-order valence-corrected chi connectivity index (χ4v) is 5.08. The number of methoxy groups -OCH3 is 1. The molecular formula is C26H35Cl2N3O5S. The van der Waals surface area contributed by atoms with Crippen molar-refractivity contribution in [1.29, 1.82) is 0 Å². The van der Waals surface area contributed by atoms with Gasteiger partial charge in [-0.15, -0.1) is 0 Å². The molecule has 0 aliphatic rings. The standard InChI is InChI=1S/C26H35Cl2N3O5S/c1-6-18(2)29-26(33)19(3)30(17-20-10-7-8-11-22(20)27)25(32)12-9-15-31(37(5,34)35)21-13-14-24(36-4)23(28)16-21/h7-8,10-11,13-14,16,18-19H,6,9,12,15,17H2,1-5H3,(H,29,33)/t18-,19-/m1/s1. The fourth-order valence-electron chi connectivity index (χ4n) is 3.67. The Labute approximate surface area is 229 Å². The minimum atomic E-state index is -3.65. The summed E-state index contributed by atoms with van der Waals surface area (Å²) in [5.41, 5.74) is 1.08. The van der Waals surface area contributed by atoms with Crippen LogP contribution in [0.3, 0.4) is 0 Å². The molecule has 0 bridgehead atoms. The molecule has 1 N–H and O–H groups in total. The van der Waals surface area contributed by atoms with E-state index in [1.54, 1.807) is 37.3 Å². The third-order valence-electron chi connectivity index (χ3n) is 6.04. The smallest absolute Gasteiger partial charge is 0.242 e. The topological polar surface area (TPSA) is 96.0 Å². The van der Waals surface area contributed by atoms with Crippen LogP contribution in [0.1, 0.15) is 45.6 Å². The zero-order valence-electron chi connectivity index (χ0n) is 21.8. The molecule has 0 saturated heterocycles. The van der Waals surface area contributed by atoms with E-state index in [1.807, 2.05) is 19.9 Å². The highest BCUT2D eigenvalue weighted by Crippen LogP contribution is 2.30. The first kappa shape index (κ1) is 30.7. The van der Waals surface area contributed by atoms with Gasteiger partial charge in [0.1, 0.15) is 11.8 Å². The van der Waals surface area contributed by atoms with Gasteiger partial charge in [-0.2, -0.15) is 0 Å². The number of carbonyl (C=O) groups is 2. The van der Waals surface area contributed by atoms with Crippen molar-refractivity contribution < 1.29 is 22.7 Å². The molecule has 37 heavy (non-hydrogen) atoms. The lowest BCUT2D eigenvalue weighted by molar-refractivity contribution is -0.140. The van der Waals surface area contributed by atoms with Crippen LogP contribution in [-0.4, -0.2) is 57.1 Å². The highest BCUT2D eigenvalue weighted by Gasteiger charge is 2.28. The number of benzene rings is 2. The van der Waals surface area contributed by atoms with Crippen molar-refractivity contribution in [2.24, 2.45) is 0 Å². The SMILES string of the molecule is CC[C@@H](C)NC(=O)[C@@H](C)N(Cc1ccccc1Cl)C(=O)CCCN(c1ccc(OC)c(Cl)c1)S(C)(=O)=O. The number of carbonyl (C=O) groups excluding carboxylic acids is 2. The molecule has 0 spiro atoms. The van der Waals surface area contributed by atoms with Gasteiger partial charge >= 0.3 is 0 Å². The van der Waals surface area contributed by atoms with Gasteiger partial charge in [0.15, 0.2) is 0 Å². The summed E-state index contributed by atoms with van der Waals surface area (Å²) in [4.78, 5) is 27.7. The fraction of sp³-hybridized carbons (Fsp3) is 0.462. The highest BCUT2D eigenvalue weighted by molar-refractivity contribution is 7.92. The van der Waals surface area contributed by atoms with E-state index in [0.717, 1.165) is 12.7 Å². The summed E-state index contributed by atoms with van der Waals surface area (Å²) >= 11 is 12.5.